The summed E-state index contributed by atoms with van der Waals surface area (Å²) in [6.45, 7) is 1.83. The van der Waals surface area contributed by atoms with E-state index in [1.165, 1.54) is 12.1 Å². The number of halogens is 3. The third-order valence-electron chi connectivity index (χ3n) is 2.05. The molecule has 0 spiro atoms. The molecule has 4 heteroatoms. The van der Waals surface area contributed by atoms with Crippen molar-refractivity contribution >= 4 is 17.1 Å². The van der Waals surface area contributed by atoms with E-state index in [0.29, 0.717) is 6.42 Å². The van der Waals surface area contributed by atoms with Gasteiger partial charge in [0.1, 0.15) is 0 Å². The minimum Gasteiger partial charge on any atom is -0.166 e. The summed E-state index contributed by atoms with van der Waals surface area (Å²) >= 11 is 4.90. The highest BCUT2D eigenvalue weighted by Crippen LogP contribution is 2.29. The van der Waals surface area contributed by atoms with E-state index in [2.05, 4.69) is 0 Å². The minimum atomic E-state index is -4.25. The average molecular weight is 232 g/mol. The molecule has 0 amide bonds. The van der Waals surface area contributed by atoms with Gasteiger partial charge in [-0.1, -0.05) is 24.4 Å². The second-order valence-corrected chi connectivity index (χ2v) is 4.09. The number of thiocarbonyl (C=S) groups is 1. The molecule has 15 heavy (non-hydrogen) atoms. The molecular weight excluding hydrogens is 221 g/mol. The van der Waals surface area contributed by atoms with Crippen molar-refractivity contribution in [3.63, 3.8) is 0 Å². The number of hydrogen-bond donors (Lipinski definition) is 0. The van der Waals surface area contributed by atoms with Crippen LogP contribution in [0, 0.1) is 0 Å². The molecule has 0 saturated carbocycles. The van der Waals surface area contributed by atoms with Crippen LogP contribution >= 0.6 is 12.2 Å². The Labute approximate surface area is 92.1 Å². The third kappa shape index (κ3) is 4.00. The fourth-order valence-electron chi connectivity index (χ4n) is 1.18. The molecule has 0 nitrogen and oxygen atoms in total. The minimum absolute atomic E-state index is 0.606. The zero-order valence-electron chi connectivity index (χ0n) is 8.27. The van der Waals surface area contributed by atoms with Gasteiger partial charge in [0, 0.05) is 0 Å². The molecule has 1 aromatic rings. The van der Waals surface area contributed by atoms with Gasteiger partial charge >= 0.3 is 6.18 Å². The standard InChI is InChI=1S/C11H11F3S/c1-8(15)2-3-9-4-6-10(7-5-9)11(12,13)14/h4-7H,2-3H2,1H3. The van der Waals surface area contributed by atoms with Crippen molar-refractivity contribution in [2.24, 2.45) is 0 Å². The smallest absolute Gasteiger partial charge is 0.166 e. The van der Waals surface area contributed by atoms with Crippen LogP contribution in [0.2, 0.25) is 0 Å². The van der Waals surface area contributed by atoms with Crippen molar-refractivity contribution in [2.45, 2.75) is 25.9 Å². The highest BCUT2D eigenvalue weighted by Gasteiger charge is 2.29. The first-order valence-electron chi connectivity index (χ1n) is 4.55. The number of aryl methyl sites for hydroxylation is 1. The molecule has 1 aromatic carbocycles. The fraction of sp³-hybridized carbons (Fsp3) is 0.364. The van der Waals surface area contributed by atoms with Gasteiger partial charge in [-0.2, -0.15) is 13.2 Å². The van der Waals surface area contributed by atoms with Gasteiger partial charge in [0.25, 0.3) is 0 Å². The van der Waals surface area contributed by atoms with Crippen LogP contribution < -0.4 is 0 Å². The van der Waals surface area contributed by atoms with Crippen molar-refractivity contribution in [1.82, 2.24) is 0 Å². The van der Waals surface area contributed by atoms with E-state index in [1.807, 2.05) is 6.92 Å². The molecule has 0 saturated heterocycles. The summed E-state index contributed by atoms with van der Waals surface area (Å²) in [6, 6.07) is 5.21. The molecule has 82 valence electrons. The van der Waals surface area contributed by atoms with Gasteiger partial charge in [-0.25, -0.2) is 0 Å². The molecule has 1 rings (SSSR count). The van der Waals surface area contributed by atoms with Crippen molar-refractivity contribution in [3.8, 4) is 0 Å². The molecule has 0 fully saturated rings. The number of rotatable bonds is 3. The predicted molar refractivity (Wildman–Crippen MR) is 58.0 cm³/mol. The summed E-state index contributed by atoms with van der Waals surface area (Å²) in [5.74, 6) is 0. The van der Waals surface area contributed by atoms with Gasteiger partial charge in [-0.05, 0) is 42.3 Å². The van der Waals surface area contributed by atoms with E-state index in [9.17, 15) is 13.2 Å². The first-order valence-corrected chi connectivity index (χ1v) is 4.96. The van der Waals surface area contributed by atoms with E-state index in [0.717, 1.165) is 29.0 Å². The van der Waals surface area contributed by atoms with E-state index in [1.54, 1.807) is 0 Å². The van der Waals surface area contributed by atoms with Crippen LogP contribution in [0.25, 0.3) is 0 Å². The molecule has 0 unspecified atom stereocenters. The Morgan fingerprint density at radius 2 is 1.73 bits per heavy atom. The lowest BCUT2D eigenvalue weighted by molar-refractivity contribution is -0.137. The lowest BCUT2D eigenvalue weighted by Crippen LogP contribution is -2.04. The van der Waals surface area contributed by atoms with Gasteiger partial charge < -0.3 is 0 Å². The Kier molecular flexibility index (Phi) is 3.85. The maximum Gasteiger partial charge on any atom is 0.416 e. The monoisotopic (exact) mass is 232 g/mol. The lowest BCUT2D eigenvalue weighted by atomic mass is 10.1. The molecule has 0 atom stereocenters. The topological polar surface area (TPSA) is 0 Å². The Morgan fingerprint density at radius 3 is 2.13 bits per heavy atom. The summed E-state index contributed by atoms with van der Waals surface area (Å²) < 4.78 is 36.6. The SMILES string of the molecule is CC(=S)CCc1ccc(C(F)(F)F)cc1. The number of benzene rings is 1. The molecule has 0 radical (unpaired) electrons. The van der Waals surface area contributed by atoms with Gasteiger partial charge in [0.05, 0.1) is 5.56 Å². The van der Waals surface area contributed by atoms with Gasteiger partial charge in [0.15, 0.2) is 0 Å². The molecule has 0 aliphatic heterocycles. The van der Waals surface area contributed by atoms with Gasteiger partial charge in [-0.3, -0.25) is 0 Å². The zero-order chi connectivity index (χ0) is 11.5. The van der Waals surface area contributed by atoms with Crippen LogP contribution in [0.5, 0.6) is 0 Å². The number of hydrogen-bond acceptors (Lipinski definition) is 1. The molecule has 0 aromatic heterocycles. The molecule has 0 heterocycles. The highest BCUT2D eigenvalue weighted by atomic mass is 32.1. The lowest BCUT2D eigenvalue weighted by Gasteiger charge is -2.07. The highest BCUT2D eigenvalue weighted by molar-refractivity contribution is 7.80. The van der Waals surface area contributed by atoms with Crippen LogP contribution in [-0.2, 0) is 12.6 Å². The van der Waals surface area contributed by atoms with Crippen LogP contribution in [-0.4, -0.2) is 4.86 Å². The van der Waals surface area contributed by atoms with Crippen molar-refractivity contribution in [2.75, 3.05) is 0 Å². The second-order valence-electron chi connectivity index (χ2n) is 3.40. The zero-order valence-corrected chi connectivity index (χ0v) is 9.08. The summed E-state index contributed by atoms with van der Waals surface area (Å²) in [5, 5.41) is 0. The Morgan fingerprint density at radius 1 is 1.20 bits per heavy atom. The normalized spacial score (nSPS) is 11.5. The fourth-order valence-corrected chi connectivity index (χ4v) is 1.28. The predicted octanol–water partition coefficient (Wildman–Crippen LogP) is 4.03. The average Bonchev–Trinajstić information content (AvgIpc) is 2.14. The molecular formula is C11H11F3S. The van der Waals surface area contributed by atoms with Gasteiger partial charge in [-0.15, -0.1) is 0 Å². The number of alkyl halides is 3. The molecule has 0 bridgehead atoms. The van der Waals surface area contributed by atoms with Crippen LogP contribution in [0.1, 0.15) is 24.5 Å². The van der Waals surface area contributed by atoms with Gasteiger partial charge in [0.2, 0.25) is 0 Å². The van der Waals surface area contributed by atoms with Crippen molar-refractivity contribution in [1.29, 1.82) is 0 Å². The maximum atomic E-state index is 12.2. The quantitative estimate of drug-likeness (QED) is 0.709. The first kappa shape index (κ1) is 12.2. The van der Waals surface area contributed by atoms with Crippen LogP contribution in [0.15, 0.2) is 24.3 Å². The summed E-state index contributed by atoms with van der Waals surface area (Å²) in [7, 11) is 0. The first-order chi connectivity index (χ1) is 6.89. The largest absolute Gasteiger partial charge is 0.416 e. The molecule has 0 aliphatic carbocycles. The van der Waals surface area contributed by atoms with Crippen molar-refractivity contribution in [3.05, 3.63) is 35.4 Å². The van der Waals surface area contributed by atoms with Crippen LogP contribution in [0.4, 0.5) is 13.2 Å². The van der Waals surface area contributed by atoms with Crippen molar-refractivity contribution < 1.29 is 13.2 Å². The molecule has 0 aliphatic rings. The second kappa shape index (κ2) is 4.75. The Hall–Kier alpha value is -0.900. The summed E-state index contributed by atoms with van der Waals surface area (Å²) in [4.78, 5) is 0.870. The summed E-state index contributed by atoms with van der Waals surface area (Å²) in [6.07, 6.45) is -2.81. The molecule has 0 N–H and O–H groups in total. The van der Waals surface area contributed by atoms with Crippen LogP contribution in [0.3, 0.4) is 0 Å². The van der Waals surface area contributed by atoms with E-state index >= 15 is 0 Å². The van der Waals surface area contributed by atoms with E-state index < -0.39 is 11.7 Å². The maximum absolute atomic E-state index is 12.2. The Bertz CT molecular complexity index is 338. The van der Waals surface area contributed by atoms with E-state index in [4.69, 9.17) is 12.2 Å². The summed E-state index contributed by atoms with van der Waals surface area (Å²) in [5.41, 5.74) is 0.275. The Balaban J connectivity index is 2.69. The van der Waals surface area contributed by atoms with E-state index in [-0.39, 0.29) is 0 Å². The third-order valence-corrected chi connectivity index (χ3v) is 2.25.